The summed E-state index contributed by atoms with van der Waals surface area (Å²) in [6, 6.07) is 10.7. The van der Waals surface area contributed by atoms with E-state index in [1.54, 1.807) is 11.3 Å². The van der Waals surface area contributed by atoms with Crippen molar-refractivity contribution in [3.63, 3.8) is 0 Å². The number of carbonyl (C=O) groups excluding carboxylic acids is 1. The fourth-order valence-corrected chi connectivity index (χ4v) is 5.29. The van der Waals surface area contributed by atoms with Crippen LogP contribution in [0.3, 0.4) is 0 Å². The Bertz CT molecular complexity index is 967. The highest BCUT2D eigenvalue weighted by Crippen LogP contribution is 2.40. The average Bonchev–Trinajstić information content (AvgIpc) is 3.26. The van der Waals surface area contributed by atoms with Crippen molar-refractivity contribution in [2.75, 3.05) is 19.6 Å². The minimum Gasteiger partial charge on any atom is -0.475 e. The van der Waals surface area contributed by atoms with E-state index in [1.807, 2.05) is 6.92 Å². The van der Waals surface area contributed by atoms with Gasteiger partial charge in [0.2, 0.25) is 5.91 Å². The number of aliphatic carboxylic acids is 1. The lowest BCUT2D eigenvalue weighted by molar-refractivity contribution is -0.192. The number of hydrogen-bond donors (Lipinski definition) is 1. The van der Waals surface area contributed by atoms with Gasteiger partial charge in [-0.05, 0) is 51.1 Å². The maximum absolute atomic E-state index is 12.7. The number of aromatic nitrogens is 1. The van der Waals surface area contributed by atoms with Crippen LogP contribution >= 0.6 is 11.3 Å². The van der Waals surface area contributed by atoms with Gasteiger partial charge in [0.05, 0.1) is 17.2 Å². The summed E-state index contributed by atoms with van der Waals surface area (Å²) in [5, 5.41) is 10.3. The summed E-state index contributed by atoms with van der Waals surface area (Å²) in [5.41, 5.74) is 2.51. The Labute approximate surface area is 201 Å². The van der Waals surface area contributed by atoms with Crippen LogP contribution in [0.5, 0.6) is 0 Å². The molecule has 1 spiro atoms. The summed E-state index contributed by atoms with van der Waals surface area (Å²) in [6.45, 7) is 6.07. The van der Waals surface area contributed by atoms with E-state index >= 15 is 0 Å². The van der Waals surface area contributed by atoms with Crippen molar-refractivity contribution < 1.29 is 27.9 Å². The normalized spacial score (nSPS) is 21.3. The number of hydrogen-bond acceptors (Lipinski definition) is 5. The smallest absolute Gasteiger partial charge is 0.475 e. The average molecular weight is 498 g/mol. The summed E-state index contributed by atoms with van der Waals surface area (Å²) < 4.78 is 31.7. The van der Waals surface area contributed by atoms with Crippen LogP contribution in [-0.4, -0.2) is 63.1 Å². The van der Waals surface area contributed by atoms with Gasteiger partial charge in [0.25, 0.3) is 0 Å². The van der Waals surface area contributed by atoms with Crippen LogP contribution in [0.1, 0.15) is 48.4 Å². The molecule has 0 radical (unpaired) electrons. The first kappa shape index (κ1) is 26.2. The van der Waals surface area contributed by atoms with Gasteiger partial charge in [-0.15, -0.1) is 11.3 Å². The zero-order valence-corrected chi connectivity index (χ0v) is 20.0. The third-order valence-electron chi connectivity index (χ3n) is 6.48. The Morgan fingerprint density at radius 2 is 1.88 bits per heavy atom. The maximum atomic E-state index is 12.7. The Kier molecular flexibility index (Phi) is 8.70. The number of carboxylic acid groups (broad SMARTS) is 1. The second-order valence-electron chi connectivity index (χ2n) is 8.80. The number of carboxylic acids is 1. The first-order valence-corrected chi connectivity index (χ1v) is 12.2. The van der Waals surface area contributed by atoms with Crippen molar-refractivity contribution in [1.82, 2.24) is 14.8 Å². The van der Waals surface area contributed by atoms with Gasteiger partial charge < -0.3 is 14.9 Å². The third-order valence-corrected chi connectivity index (χ3v) is 7.30. The first-order chi connectivity index (χ1) is 16.1. The minimum absolute atomic E-state index is 0.0517. The molecule has 4 rings (SSSR count). The maximum Gasteiger partial charge on any atom is 0.490 e. The number of halogens is 3. The molecule has 2 fully saturated rings. The van der Waals surface area contributed by atoms with Gasteiger partial charge in [0.1, 0.15) is 0 Å². The molecule has 6 nitrogen and oxygen atoms in total. The lowest BCUT2D eigenvalue weighted by Gasteiger charge is -2.38. The number of amides is 1. The lowest BCUT2D eigenvalue weighted by Crippen LogP contribution is -2.46. The van der Waals surface area contributed by atoms with Crippen LogP contribution in [0, 0.1) is 6.92 Å². The topological polar surface area (TPSA) is 73.7 Å². The van der Waals surface area contributed by atoms with Crippen LogP contribution in [-0.2, 0) is 22.6 Å². The van der Waals surface area contributed by atoms with Gasteiger partial charge in [0.15, 0.2) is 0 Å². The number of alkyl halides is 3. The standard InChI is InChI=1S/C22H29N3OS.C2HF3O2/c1-18-23-20(17-27-18)16-25-21(26)8-11-22(25)10-5-13-24(15-12-22)14-9-19-6-3-2-4-7-19;3-2(4,5)1(6)7/h2-4,6-7,17H,5,8-16H2,1H3;(H,6,7). The van der Waals surface area contributed by atoms with E-state index < -0.39 is 12.1 Å². The second kappa shape index (κ2) is 11.3. The van der Waals surface area contributed by atoms with Gasteiger partial charge >= 0.3 is 12.1 Å². The predicted molar refractivity (Wildman–Crippen MR) is 123 cm³/mol. The summed E-state index contributed by atoms with van der Waals surface area (Å²) in [7, 11) is 0. The van der Waals surface area contributed by atoms with Crippen molar-refractivity contribution >= 4 is 23.2 Å². The van der Waals surface area contributed by atoms with Crippen LogP contribution in [0.4, 0.5) is 13.2 Å². The van der Waals surface area contributed by atoms with Gasteiger partial charge in [0, 0.05) is 30.4 Å². The highest BCUT2D eigenvalue weighted by molar-refractivity contribution is 7.09. The number of rotatable bonds is 5. The summed E-state index contributed by atoms with van der Waals surface area (Å²) in [6.07, 6.45) is 1.14. The molecule has 1 amide bonds. The van der Waals surface area contributed by atoms with Crippen LogP contribution < -0.4 is 0 Å². The van der Waals surface area contributed by atoms with E-state index in [-0.39, 0.29) is 5.54 Å². The summed E-state index contributed by atoms with van der Waals surface area (Å²) in [5.74, 6) is -2.44. The molecule has 0 bridgehead atoms. The molecule has 10 heteroatoms. The highest BCUT2D eigenvalue weighted by Gasteiger charge is 2.45. The number of thiazole rings is 1. The van der Waals surface area contributed by atoms with Crippen molar-refractivity contribution in [2.45, 2.75) is 63.7 Å². The monoisotopic (exact) mass is 497 g/mol. The van der Waals surface area contributed by atoms with Crippen molar-refractivity contribution in [2.24, 2.45) is 0 Å². The Morgan fingerprint density at radius 1 is 1.18 bits per heavy atom. The van der Waals surface area contributed by atoms with Crippen molar-refractivity contribution in [3.8, 4) is 0 Å². The Hall–Kier alpha value is -2.46. The third kappa shape index (κ3) is 7.02. The minimum atomic E-state index is -5.08. The van der Waals surface area contributed by atoms with E-state index in [9.17, 15) is 18.0 Å². The van der Waals surface area contributed by atoms with Crippen LogP contribution in [0.25, 0.3) is 0 Å². The van der Waals surface area contributed by atoms with Gasteiger partial charge in [-0.1, -0.05) is 30.3 Å². The molecule has 2 aliphatic rings. The molecule has 1 N–H and O–H groups in total. The van der Waals surface area contributed by atoms with Gasteiger partial charge in [-0.2, -0.15) is 13.2 Å². The molecule has 3 heterocycles. The number of carbonyl (C=O) groups is 2. The molecule has 0 saturated carbocycles. The molecule has 34 heavy (non-hydrogen) atoms. The van der Waals surface area contributed by atoms with Crippen molar-refractivity contribution in [1.29, 1.82) is 0 Å². The lowest BCUT2D eigenvalue weighted by atomic mass is 9.87. The molecular formula is C24H30F3N3O3S. The van der Waals surface area contributed by atoms with E-state index in [0.29, 0.717) is 18.9 Å². The van der Waals surface area contributed by atoms with E-state index in [4.69, 9.17) is 9.90 Å². The fraction of sp³-hybridized carbons (Fsp3) is 0.542. The van der Waals surface area contributed by atoms with E-state index in [1.165, 1.54) is 12.0 Å². The molecule has 1 aromatic carbocycles. The molecule has 1 unspecified atom stereocenters. The summed E-state index contributed by atoms with van der Waals surface area (Å²) in [4.78, 5) is 30.9. The number of aryl methyl sites for hydroxylation is 1. The molecule has 2 aromatic rings. The SMILES string of the molecule is Cc1nc(CN2C(=O)CCC23CCCN(CCc2ccccc2)CC3)cs1.O=C(O)C(F)(F)F. The number of nitrogens with zero attached hydrogens (tertiary/aromatic N) is 3. The summed E-state index contributed by atoms with van der Waals surface area (Å²) >= 11 is 1.68. The second-order valence-corrected chi connectivity index (χ2v) is 9.86. The van der Waals surface area contributed by atoms with E-state index in [0.717, 1.165) is 56.0 Å². The molecule has 2 aliphatic heterocycles. The highest BCUT2D eigenvalue weighted by atomic mass is 32.1. The number of benzene rings is 1. The van der Waals surface area contributed by atoms with E-state index in [2.05, 4.69) is 50.5 Å². The zero-order valence-electron chi connectivity index (χ0n) is 19.2. The zero-order chi connectivity index (χ0) is 24.8. The largest absolute Gasteiger partial charge is 0.490 e. The molecular weight excluding hydrogens is 467 g/mol. The first-order valence-electron chi connectivity index (χ1n) is 11.4. The van der Waals surface area contributed by atoms with Crippen LogP contribution in [0.2, 0.25) is 0 Å². The Balaban J connectivity index is 0.000000406. The van der Waals surface area contributed by atoms with Gasteiger partial charge in [-0.3, -0.25) is 4.79 Å². The predicted octanol–water partition coefficient (Wildman–Crippen LogP) is 4.67. The quantitative estimate of drug-likeness (QED) is 0.650. The van der Waals surface area contributed by atoms with Crippen molar-refractivity contribution in [3.05, 3.63) is 52.0 Å². The molecule has 2 saturated heterocycles. The Morgan fingerprint density at radius 3 is 2.50 bits per heavy atom. The molecule has 1 aromatic heterocycles. The van der Waals surface area contributed by atoms with Crippen LogP contribution in [0.15, 0.2) is 35.7 Å². The van der Waals surface area contributed by atoms with Gasteiger partial charge in [-0.25, -0.2) is 9.78 Å². The molecule has 0 aliphatic carbocycles. The fourth-order valence-electron chi connectivity index (χ4n) is 4.68. The molecule has 1 atom stereocenters. The molecule has 186 valence electrons. The number of likely N-dealkylation sites (tertiary alicyclic amines) is 2.